The fourth-order valence-electron chi connectivity index (χ4n) is 3.69. The van der Waals surface area contributed by atoms with Crippen LogP contribution in [0, 0.1) is 5.82 Å². The summed E-state index contributed by atoms with van der Waals surface area (Å²) in [5.74, 6) is 0.183. The summed E-state index contributed by atoms with van der Waals surface area (Å²) in [5.41, 5.74) is 0.963. The number of amides is 2. The van der Waals surface area contributed by atoms with Crippen LogP contribution in [-0.2, 0) is 0 Å². The van der Waals surface area contributed by atoms with Crippen molar-refractivity contribution >= 4 is 28.8 Å². The molecule has 2 amide bonds. The molecule has 0 bridgehead atoms. The number of anilines is 1. The van der Waals surface area contributed by atoms with Crippen LogP contribution in [0.1, 0.15) is 43.9 Å². The Bertz CT molecular complexity index is 1130. The minimum Gasteiger partial charge on any atom is -0.497 e. The molecule has 1 fully saturated rings. The van der Waals surface area contributed by atoms with Crippen molar-refractivity contribution in [1.82, 2.24) is 15.1 Å². The topological polar surface area (TPSA) is 93.7 Å². The largest absolute Gasteiger partial charge is 0.497 e. The molecule has 1 aliphatic heterocycles. The van der Waals surface area contributed by atoms with Crippen molar-refractivity contribution in [3.63, 3.8) is 0 Å². The Hall–Kier alpha value is -3.53. The predicted octanol–water partition coefficient (Wildman–Crippen LogP) is 3.97. The molecule has 3 aromatic rings. The first-order valence-corrected chi connectivity index (χ1v) is 11.2. The number of carbonyl (C=O) groups is 2. The van der Waals surface area contributed by atoms with E-state index in [1.54, 1.807) is 37.3 Å². The van der Waals surface area contributed by atoms with Gasteiger partial charge in [0.2, 0.25) is 5.01 Å². The average molecular weight is 471 g/mol. The van der Waals surface area contributed by atoms with E-state index in [1.807, 2.05) is 0 Å². The third-order valence-electron chi connectivity index (χ3n) is 5.39. The monoisotopic (exact) mass is 470 g/mol. The summed E-state index contributed by atoms with van der Waals surface area (Å²) in [4.78, 5) is 27.4. The van der Waals surface area contributed by atoms with Crippen molar-refractivity contribution < 1.29 is 23.5 Å². The van der Waals surface area contributed by atoms with Crippen molar-refractivity contribution in [2.75, 3.05) is 32.6 Å². The molecule has 1 saturated heterocycles. The van der Waals surface area contributed by atoms with Crippen LogP contribution in [0.5, 0.6) is 11.5 Å². The highest BCUT2D eigenvalue weighted by Gasteiger charge is 2.29. The van der Waals surface area contributed by atoms with Gasteiger partial charge >= 0.3 is 0 Å². The standard InChI is InChI=1S/C23H23FN4O4S/c1-31-18-10-15(11-19(12-18)32-2)23(30)28-9-3-4-14(13-28)21-26-27-22(33-21)20(29)25-17-7-5-16(24)6-8-17/h5-8,10-12,14H,3-4,9,13H2,1-2H3,(H,25,29)/t14-/m0/s1. The van der Waals surface area contributed by atoms with E-state index in [9.17, 15) is 14.0 Å². The first kappa shape index (κ1) is 22.7. The first-order chi connectivity index (χ1) is 16.0. The molecule has 1 aliphatic rings. The second-order valence-corrected chi connectivity index (χ2v) is 8.61. The van der Waals surface area contributed by atoms with E-state index in [-0.39, 0.29) is 22.6 Å². The zero-order valence-corrected chi connectivity index (χ0v) is 19.0. The minimum absolute atomic E-state index is 0.0138. The number of nitrogens with one attached hydrogen (secondary N) is 1. The normalized spacial score (nSPS) is 15.7. The number of hydrogen-bond acceptors (Lipinski definition) is 7. The Kier molecular flexibility index (Phi) is 6.83. The number of ether oxygens (including phenoxy) is 2. The zero-order valence-electron chi connectivity index (χ0n) is 18.2. The van der Waals surface area contributed by atoms with E-state index >= 15 is 0 Å². The van der Waals surface area contributed by atoms with Crippen molar-refractivity contribution in [3.05, 3.63) is 63.9 Å². The zero-order chi connectivity index (χ0) is 23.4. The van der Waals surface area contributed by atoms with E-state index in [0.717, 1.165) is 12.8 Å². The van der Waals surface area contributed by atoms with Crippen molar-refractivity contribution in [2.24, 2.45) is 0 Å². The number of aromatic nitrogens is 2. The lowest BCUT2D eigenvalue weighted by molar-refractivity contribution is 0.0706. The maximum Gasteiger partial charge on any atom is 0.286 e. The summed E-state index contributed by atoms with van der Waals surface area (Å²) < 4.78 is 23.6. The number of methoxy groups -OCH3 is 2. The van der Waals surface area contributed by atoms with Gasteiger partial charge in [-0.1, -0.05) is 11.3 Å². The Morgan fingerprint density at radius 2 is 1.79 bits per heavy atom. The van der Waals surface area contributed by atoms with Crippen LogP contribution >= 0.6 is 11.3 Å². The average Bonchev–Trinajstić information content (AvgIpc) is 3.35. The molecule has 1 N–H and O–H groups in total. The number of halogens is 1. The van der Waals surface area contributed by atoms with Crippen LogP contribution in [0.4, 0.5) is 10.1 Å². The third-order valence-corrected chi connectivity index (χ3v) is 6.48. The van der Waals surface area contributed by atoms with Crippen LogP contribution in [-0.4, -0.2) is 54.2 Å². The van der Waals surface area contributed by atoms with Crippen molar-refractivity contribution in [1.29, 1.82) is 0 Å². The Labute approximate surface area is 194 Å². The fourth-order valence-corrected chi connectivity index (χ4v) is 4.55. The Balaban J connectivity index is 1.44. The van der Waals surface area contributed by atoms with Gasteiger partial charge in [0.15, 0.2) is 0 Å². The van der Waals surface area contributed by atoms with Gasteiger partial charge in [0, 0.05) is 36.3 Å². The van der Waals surface area contributed by atoms with Gasteiger partial charge in [0.05, 0.1) is 14.2 Å². The van der Waals surface area contributed by atoms with E-state index in [2.05, 4.69) is 15.5 Å². The second kappa shape index (κ2) is 9.95. The Morgan fingerprint density at radius 1 is 1.09 bits per heavy atom. The molecule has 4 rings (SSSR count). The maximum atomic E-state index is 13.1. The van der Waals surface area contributed by atoms with Crippen LogP contribution < -0.4 is 14.8 Å². The van der Waals surface area contributed by atoms with Crippen molar-refractivity contribution in [2.45, 2.75) is 18.8 Å². The molecule has 0 spiro atoms. The number of carbonyl (C=O) groups excluding carboxylic acids is 2. The molecular weight excluding hydrogens is 447 g/mol. The molecule has 33 heavy (non-hydrogen) atoms. The van der Waals surface area contributed by atoms with Gasteiger partial charge in [0.25, 0.3) is 11.8 Å². The number of rotatable bonds is 6. The molecule has 10 heteroatoms. The Morgan fingerprint density at radius 3 is 2.45 bits per heavy atom. The van der Waals surface area contributed by atoms with Crippen LogP contribution in [0.2, 0.25) is 0 Å². The summed E-state index contributed by atoms with van der Waals surface area (Å²) in [5, 5.41) is 11.8. The van der Waals surface area contributed by atoms with Gasteiger partial charge in [-0.2, -0.15) is 0 Å². The van der Waals surface area contributed by atoms with Crippen LogP contribution in [0.3, 0.4) is 0 Å². The number of piperidine rings is 1. The molecule has 1 atom stereocenters. The highest BCUT2D eigenvalue weighted by molar-refractivity contribution is 7.13. The van der Waals surface area contributed by atoms with E-state index in [0.29, 0.717) is 40.8 Å². The summed E-state index contributed by atoms with van der Waals surface area (Å²) >= 11 is 1.21. The second-order valence-electron chi connectivity index (χ2n) is 7.60. The lowest BCUT2D eigenvalue weighted by Crippen LogP contribution is -2.39. The maximum absolute atomic E-state index is 13.1. The van der Waals surface area contributed by atoms with E-state index in [4.69, 9.17) is 9.47 Å². The molecule has 2 heterocycles. The highest BCUT2D eigenvalue weighted by atomic mass is 32.1. The van der Waals surface area contributed by atoms with Gasteiger partial charge in [-0.25, -0.2) is 4.39 Å². The number of hydrogen-bond donors (Lipinski definition) is 1. The molecule has 0 aliphatic carbocycles. The molecule has 1 aromatic heterocycles. The number of nitrogens with zero attached hydrogens (tertiary/aromatic N) is 3. The van der Waals surface area contributed by atoms with Gasteiger partial charge in [-0.05, 0) is 49.2 Å². The summed E-state index contributed by atoms with van der Waals surface area (Å²) in [6, 6.07) is 10.6. The molecule has 172 valence electrons. The number of benzene rings is 2. The SMILES string of the molecule is COc1cc(OC)cc(C(=O)N2CCC[C@H](c3nnc(C(=O)Nc4ccc(F)cc4)s3)C2)c1. The van der Waals surface area contributed by atoms with E-state index < -0.39 is 5.91 Å². The first-order valence-electron chi connectivity index (χ1n) is 10.4. The van der Waals surface area contributed by atoms with Gasteiger partial charge < -0.3 is 19.7 Å². The van der Waals surface area contributed by atoms with Gasteiger partial charge in [0.1, 0.15) is 22.3 Å². The summed E-state index contributed by atoms with van der Waals surface area (Å²) in [6.45, 7) is 1.11. The fraction of sp³-hybridized carbons (Fsp3) is 0.304. The quantitative estimate of drug-likeness (QED) is 0.586. The molecule has 2 aromatic carbocycles. The van der Waals surface area contributed by atoms with Crippen molar-refractivity contribution in [3.8, 4) is 11.5 Å². The predicted molar refractivity (Wildman–Crippen MR) is 122 cm³/mol. The lowest BCUT2D eigenvalue weighted by atomic mass is 9.98. The van der Waals surface area contributed by atoms with Gasteiger partial charge in [-0.3, -0.25) is 9.59 Å². The molecule has 0 unspecified atom stereocenters. The molecule has 0 radical (unpaired) electrons. The molecule has 8 nitrogen and oxygen atoms in total. The smallest absolute Gasteiger partial charge is 0.286 e. The molecular formula is C23H23FN4O4S. The van der Waals surface area contributed by atoms with Gasteiger partial charge in [-0.15, -0.1) is 10.2 Å². The summed E-state index contributed by atoms with van der Waals surface area (Å²) in [7, 11) is 3.08. The van der Waals surface area contributed by atoms with Crippen LogP contribution in [0.25, 0.3) is 0 Å². The lowest BCUT2D eigenvalue weighted by Gasteiger charge is -2.31. The third kappa shape index (κ3) is 5.28. The van der Waals surface area contributed by atoms with Crippen LogP contribution in [0.15, 0.2) is 42.5 Å². The highest BCUT2D eigenvalue weighted by Crippen LogP contribution is 2.31. The molecule has 0 saturated carbocycles. The number of likely N-dealkylation sites (tertiary alicyclic amines) is 1. The summed E-state index contributed by atoms with van der Waals surface area (Å²) in [6.07, 6.45) is 1.66. The minimum atomic E-state index is -0.405. The van der Waals surface area contributed by atoms with E-state index in [1.165, 1.54) is 35.6 Å².